The van der Waals surface area contributed by atoms with E-state index in [-0.39, 0.29) is 17.8 Å². The molecule has 0 atom stereocenters. The van der Waals surface area contributed by atoms with Gasteiger partial charge in [0.15, 0.2) is 0 Å². The molecule has 0 saturated heterocycles. The minimum absolute atomic E-state index is 0.177. The van der Waals surface area contributed by atoms with E-state index in [9.17, 15) is 4.79 Å². The highest BCUT2D eigenvalue weighted by Gasteiger charge is 2.20. The molecule has 1 saturated carbocycles. The van der Waals surface area contributed by atoms with Crippen LogP contribution in [-0.2, 0) is 0 Å². The molecule has 3 N–H and O–H groups in total. The molecular formula is C12H18N4O. The van der Waals surface area contributed by atoms with Crippen LogP contribution in [0.2, 0.25) is 0 Å². The van der Waals surface area contributed by atoms with Crippen LogP contribution < -0.4 is 11.1 Å². The molecule has 1 aromatic rings. The molecule has 0 aromatic carbocycles. The van der Waals surface area contributed by atoms with Crippen molar-refractivity contribution in [3.05, 3.63) is 18.1 Å². The normalized spacial score (nSPS) is 24.3. The number of hydrogen-bond acceptors (Lipinski definition) is 4. The number of carbonyl (C=O) groups is 1. The quantitative estimate of drug-likeness (QED) is 0.809. The highest BCUT2D eigenvalue weighted by atomic mass is 16.1. The first-order valence-electron chi connectivity index (χ1n) is 6.03. The Labute approximate surface area is 101 Å². The van der Waals surface area contributed by atoms with Crippen LogP contribution in [0.5, 0.6) is 0 Å². The van der Waals surface area contributed by atoms with Gasteiger partial charge in [-0.2, -0.15) is 0 Å². The van der Waals surface area contributed by atoms with Gasteiger partial charge in [0, 0.05) is 6.04 Å². The summed E-state index contributed by atoms with van der Waals surface area (Å²) in [5.41, 5.74) is 5.79. The standard InChI is InChI=1S/C12H18N4O/c1-8-2-4-9(5-3-8)15-12(17)10-6-14-7-11(13)16-10/h6-9H,2-5H2,1H3,(H2,13,16)(H,15,17). The van der Waals surface area contributed by atoms with E-state index >= 15 is 0 Å². The van der Waals surface area contributed by atoms with Gasteiger partial charge in [-0.15, -0.1) is 0 Å². The van der Waals surface area contributed by atoms with Crippen LogP contribution in [0, 0.1) is 5.92 Å². The summed E-state index contributed by atoms with van der Waals surface area (Å²) in [7, 11) is 0. The number of carbonyl (C=O) groups excluding carboxylic acids is 1. The van der Waals surface area contributed by atoms with Crippen LogP contribution in [0.3, 0.4) is 0 Å². The van der Waals surface area contributed by atoms with E-state index in [1.165, 1.54) is 25.2 Å². The number of rotatable bonds is 2. The van der Waals surface area contributed by atoms with Crippen molar-refractivity contribution in [2.45, 2.75) is 38.6 Å². The summed E-state index contributed by atoms with van der Waals surface area (Å²) in [6.45, 7) is 2.25. The van der Waals surface area contributed by atoms with Crippen LogP contribution in [0.25, 0.3) is 0 Å². The van der Waals surface area contributed by atoms with Crippen molar-refractivity contribution in [3.8, 4) is 0 Å². The Morgan fingerprint density at radius 2 is 2.06 bits per heavy atom. The molecule has 5 nitrogen and oxygen atoms in total. The van der Waals surface area contributed by atoms with E-state index in [4.69, 9.17) is 5.73 Å². The molecule has 0 bridgehead atoms. The number of nitrogens with one attached hydrogen (secondary N) is 1. The Kier molecular flexibility index (Phi) is 3.56. The summed E-state index contributed by atoms with van der Waals surface area (Å²) < 4.78 is 0. The lowest BCUT2D eigenvalue weighted by Crippen LogP contribution is -2.37. The molecule has 1 amide bonds. The fourth-order valence-corrected chi connectivity index (χ4v) is 2.15. The van der Waals surface area contributed by atoms with Gasteiger partial charge in [0.25, 0.3) is 5.91 Å². The predicted octanol–water partition coefficient (Wildman–Crippen LogP) is 1.37. The first kappa shape index (κ1) is 11.8. The van der Waals surface area contributed by atoms with Crippen LogP contribution in [-0.4, -0.2) is 21.9 Å². The Morgan fingerprint density at radius 3 is 2.71 bits per heavy atom. The fraction of sp³-hybridized carbons (Fsp3) is 0.583. The van der Waals surface area contributed by atoms with Gasteiger partial charge in [0.1, 0.15) is 11.5 Å². The molecule has 0 unspecified atom stereocenters. The maximum absolute atomic E-state index is 11.9. The second-order valence-corrected chi connectivity index (χ2v) is 4.76. The van der Waals surface area contributed by atoms with Crippen LogP contribution in [0.15, 0.2) is 12.4 Å². The average molecular weight is 234 g/mol. The van der Waals surface area contributed by atoms with Crippen molar-refractivity contribution in [1.82, 2.24) is 15.3 Å². The lowest BCUT2D eigenvalue weighted by molar-refractivity contribution is 0.0917. The van der Waals surface area contributed by atoms with Crippen molar-refractivity contribution in [1.29, 1.82) is 0 Å². The number of hydrogen-bond donors (Lipinski definition) is 2. The topological polar surface area (TPSA) is 80.9 Å². The molecule has 1 fully saturated rings. The largest absolute Gasteiger partial charge is 0.382 e. The minimum Gasteiger partial charge on any atom is -0.382 e. The SMILES string of the molecule is CC1CCC(NC(=O)c2cncc(N)n2)CC1. The van der Waals surface area contributed by atoms with Crippen molar-refractivity contribution in [2.75, 3.05) is 5.73 Å². The summed E-state index contributed by atoms with van der Waals surface area (Å²) in [5.74, 6) is 0.870. The van der Waals surface area contributed by atoms with E-state index in [0.29, 0.717) is 5.69 Å². The van der Waals surface area contributed by atoms with Crippen molar-refractivity contribution in [2.24, 2.45) is 5.92 Å². The molecular weight excluding hydrogens is 216 g/mol. The van der Waals surface area contributed by atoms with Crippen molar-refractivity contribution in [3.63, 3.8) is 0 Å². The van der Waals surface area contributed by atoms with Gasteiger partial charge < -0.3 is 11.1 Å². The average Bonchev–Trinajstić information content (AvgIpc) is 2.32. The number of anilines is 1. The zero-order valence-corrected chi connectivity index (χ0v) is 10.0. The Bertz CT molecular complexity index is 399. The molecule has 17 heavy (non-hydrogen) atoms. The maximum atomic E-state index is 11.9. The third kappa shape index (κ3) is 3.15. The van der Waals surface area contributed by atoms with Crippen molar-refractivity contribution >= 4 is 11.7 Å². The number of nitrogen functional groups attached to an aromatic ring is 1. The van der Waals surface area contributed by atoms with E-state index < -0.39 is 0 Å². The van der Waals surface area contributed by atoms with E-state index in [1.807, 2.05) is 0 Å². The monoisotopic (exact) mass is 234 g/mol. The zero-order valence-electron chi connectivity index (χ0n) is 10.0. The third-order valence-electron chi connectivity index (χ3n) is 3.24. The molecule has 2 rings (SSSR count). The zero-order chi connectivity index (χ0) is 12.3. The summed E-state index contributed by atoms with van der Waals surface area (Å²) in [6.07, 6.45) is 7.31. The molecule has 1 aliphatic rings. The van der Waals surface area contributed by atoms with Crippen LogP contribution >= 0.6 is 0 Å². The molecule has 0 radical (unpaired) electrons. The van der Waals surface area contributed by atoms with Gasteiger partial charge in [-0.25, -0.2) is 4.98 Å². The van der Waals surface area contributed by atoms with Crippen molar-refractivity contribution < 1.29 is 4.79 Å². The van der Waals surface area contributed by atoms with Crippen LogP contribution in [0.1, 0.15) is 43.1 Å². The first-order valence-corrected chi connectivity index (χ1v) is 6.03. The second-order valence-electron chi connectivity index (χ2n) is 4.76. The second kappa shape index (κ2) is 5.12. The number of nitrogens with zero attached hydrogens (tertiary/aromatic N) is 2. The first-order chi connectivity index (χ1) is 8.15. The maximum Gasteiger partial charge on any atom is 0.271 e. The number of amides is 1. The highest BCUT2D eigenvalue weighted by molar-refractivity contribution is 5.92. The number of aromatic nitrogens is 2. The molecule has 92 valence electrons. The van der Waals surface area contributed by atoms with Crippen LogP contribution in [0.4, 0.5) is 5.82 Å². The molecule has 1 aliphatic carbocycles. The molecule has 0 spiro atoms. The van der Waals surface area contributed by atoms with E-state index in [1.54, 1.807) is 0 Å². The number of nitrogens with two attached hydrogens (primary N) is 1. The Balaban J connectivity index is 1.93. The fourth-order valence-electron chi connectivity index (χ4n) is 2.15. The van der Waals surface area contributed by atoms with Gasteiger partial charge in [0.2, 0.25) is 0 Å². The van der Waals surface area contributed by atoms with Gasteiger partial charge in [-0.1, -0.05) is 6.92 Å². The van der Waals surface area contributed by atoms with Gasteiger partial charge in [0.05, 0.1) is 12.4 Å². The van der Waals surface area contributed by atoms with E-state index in [0.717, 1.165) is 18.8 Å². The summed E-state index contributed by atoms with van der Waals surface area (Å²) >= 11 is 0. The lowest BCUT2D eigenvalue weighted by Gasteiger charge is -2.26. The highest BCUT2D eigenvalue weighted by Crippen LogP contribution is 2.23. The Morgan fingerprint density at radius 1 is 1.35 bits per heavy atom. The minimum atomic E-state index is -0.177. The molecule has 5 heteroatoms. The lowest BCUT2D eigenvalue weighted by atomic mass is 9.87. The summed E-state index contributed by atoms with van der Waals surface area (Å²) in [5, 5.41) is 2.99. The molecule has 0 aliphatic heterocycles. The molecule has 1 heterocycles. The predicted molar refractivity (Wildman–Crippen MR) is 65.3 cm³/mol. The van der Waals surface area contributed by atoms with E-state index in [2.05, 4.69) is 22.2 Å². The molecule has 1 aromatic heterocycles. The van der Waals surface area contributed by atoms with Gasteiger partial charge >= 0.3 is 0 Å². The van der Waals surface area contributed by atoms with Gasteiger partial charge in [-0.3, -0.25) is 9.78 Å². The summed E-state index contributed by atoms with van der Waals surface area (Å²) in [4.78, 5) is 19.7. The Hall–Kier alpha value is -1.65. The summed E-state index contributed by atoms with van der Waals surface area (Å²) in [6, 6.07) is 0.266. The van der Waals surface area contributed by atoms with Gasteiger partial charge in [-0.05, 0) is 31.6 Å². The third-order valence-corrected chi connectivity index (χ3v) is 3.24. The smallest absolute Gasteiger partial charge is 0.271 e.